The SMILES string of the molecule is C[C@@]1(Cn2cc([N+](=O)[O-])nc2Sc2ccc([N+](=O)[O-])cc2)CO1.O=[N+]([O-])c1ccc(Sc2ncc([N+](=O)[O-])[nH]2)cc1. The Kier molecular flexibility index (Phi) is 8.59. The van der Waals surface area contributed by atoms with E-state index >= 15 is 0 Å². The van der Waals surface area contributed by atoms with Crippen molar-refractivity contribution in [3.05, 3.63) is 101 Å². The zero-order valence-corrected chi connectivity index (χ0v) is 22.4. The number of nitro groups is 4. The number of non-ortho nitro benzene ring substituents is 2. The Bertz CT molecular complexity index is 1600. The highest BCUT2D eigenvalue weighted by Gasteiger charge is 2.41. The van der Waals surface area contributed by atoms with Gasteiger partial charge in [0.1, 0.15) is 18.0 Å². The van der Waals surface area contributed by atoms with Gasteiger partial charge in [-0.1, -0.05) is 0 Å². The number of rotatable bonds is 10. The van der Waals surface area contributed by atoms with Gasteiger partial charge in [-0.3, -0.25) is 24.8 Å². The zero-order valence-electron chi connectivity index (χ0n) is 20.8. The Morgan fingerprint density at radius 3 is 1.85 bits per heavy atom. The van der Waals surface area contributed by atoms with E-state index in [0.29, 0.717) is 33.3 Å². The number of epoxide rings is 1. The molecule has 3 heterocycles. The highest BCUT2D eigenvalue weighted by molar-refractivity contribution is 7.99. The molecule has 2 aromatic carbocycles. The average molecular weight is 603 g/mol. The summed E-state index contributed by atoms with van der Waals surface area (Å²) in [4.78, 5) is 52.1. The second-order valence-electron chi connectivity index (χ2n) is 8.54. The molecular formula is C22H18N8O9S2. The van der Waals surface area contributed by atoms with Crippen LogP contribution in [-0.4, -0.2) is 51.4 Å². The van der Waals surface area contributed by atoms with E-state index in [0.717, 1.165) is 18.0 Å². The summed E-state index contributed by atoms with van der Waals surface area (Å²) in [5.74, 6) is -0.432. The highest BCUT2D eigenvalue weighted by Crippen LogP contribution is 2.34. The topological polar surface area (TPSA) is 232 Å². The summed E-state index contributed by atoms with van der Waals surface area (Å²) in [6.45, 7) is 2.98. The number of nitrogens with one attached hydrogen (secondary N) is 1. The van der Waals surface area contributed by atoms with Crippen LogP contribution in [0.25, 0.3) is 0 Å². The number of nitrogens with zero attached hydrogens (tertiary/aromatic N) is 7. The zero-order chi connectivity index (χ0) is 29.7. The Hall–Kier alpha value is -4.88. The van der Waals surface area contributed by atoms with Gasteiger partial charge in [0.25, 0.3) is 21.7 Å². The molecule has 1 fully saturated rings. The third-order valence-corrected chi connectivity index (χ3v) is 7.24. The Balaban J connectivity index is 0.000000195. The molecule has 1 aliphatic rings. The lowest BCUT2D eigenvalue weighted by molar-refractivity contribution is -0.389. The molecule has 1 aliphatic heterocycles. The highest BCUT2D eigenvalue weighted by atomic mass is 32.2. The van der Waals surface area contributed by atoms with Gasteiger partial charge in [0.15, 0.2) is 0 Å². The van der Waals surface area contributed by atoms with E-state index in [1.165, 1.54) is 42.2 Å². The van der Waals surface area contributed by atoms with Crippen LogP contribution in [0.4, 0.5) is 23.0 Å². The summed E-state index contributed by atoms with van der Waals surface area (Å²) in [7, 11) is 0. The molecule has 0 amide bonds. The fourth-order valence-corrected chi connectivity index (χ4v) is 4.78. The van der Waals surface area contributed by atoms with Gasteiger partial charge in [-0.25, -0.2) is 9.97 Å². The van der Waals surface area contributed by atoms with Crippen LogP contribution in [0.2, 0.25) is 0 Å². The number of aromatic nitrogens is 4. The predicted molar refractivity (Wildman–Crippen MR) is 143 cm³/mol. The van der Waals surface area contributed by atoms with E-state index in [1.807, 2.05) is 6.92 Å². The molecule has 0 spiro atoms. The maximum Gasteiger partial charge on any atom is 0.382 e. The van der Waals surface area contributed by atoms with Crippen molar-refractivity contribution in [1.29, 1.82) is 0 Å². The number of benzene rings is 2. The number of aromatic amines is 1. The lowest BCUT2D eigenvalue weighted by Gasteiger charge is -2.07. The first-order chi connectivity index (χ1) is 19.4. The smallest absolute Gasteiger partial charge is 0.368 e. The van der Waals surface area contributed by atoms with Crippen LogP contribution >= 0.6 is 23.5 Å². The minimum atomic E-state index is -0.576. The van der Waals surface area contributed by atoms with Gasteiger partial charge in [-0.05, 0) is 69.5 Å². The molecule has 5 rings (SSSR count). The molecule has 212 valence electrons. The van der Waals surface area contributed by atoms with Gasteiger partial charge >= 0.3 is 11.6 Å². The third-order valence-electron chi connectivity index (χ3n) is 5.31. The number of hydrogen-bond donors (Lipinski definition) is 1. The summed E-state index contributed by atoms with van der Waals surface area (Å²) >= 11 is 2.36. The van der Waals surface area contributed by atoms with E-state index in [4.69, 9.17) is 4.74 Å². The predicted octanol–water partition coefficient (Wildman–Crippen LogP) is 5.02. The van der Waals surface area contributed by atoms with Crippen molar-refractivity contribution in [3.63, 3.8) is 0 Å². The Morgan fingerprint density at radius 2 is 1.41 bits per heavy atom. The normalized spacial score (nSPS) is 15.4. The fourth-order valence-electron chi connectivity index (χ4n) is 3.17. The van der Waals surface area contributed by atoms with Crippen LogP contribution in [0.5, 0.6) is 0 Å². The Morgan fingerprint density at radius 1 is 0.878 bits per heavy atom. The van der Waals surface area contributed by atoms with E-state index in [2.05, 4.69) is 15.0 Å². The molecule has 41 heavy (non-hydrogen) atoms. The second kappa shape index (κ2) is 12.1. The van der Waals surface area contributed by atoms with Crippen LogP contribution in [0.1, 0.15) is 6.92 Å². The monoisotopic (exact) mass is 602 g/mol. The largest absolute Gasteiger partial charge is 0.382 e. The molecule has 0 saturated carbocycles. The molecule has 4 aromatic rings. The van der Waals surface area contributed by atoms with Gasteiger partial charge in [0, 0.05) is 34.1 Å². The van der Waals surface area contributed by atoms with Gasteiger partial charge in [-0.15, -0.1) is 0 Å². The minimum Gasteiger partial charge on any atom is -0.368 e. The molecule has 17 nitrogen and oxygen atoms in total. The number of imidazole rings is 2. The second-order valence-corrected chi connectivity index (χ2v) is 10.6. The molecule has 0 aliphatic carbocycles. The van der Waals surface area contributed by atoms with E-state index in [9.17, 15) is 40.5 Å². The first-order valence-electron chi connectivity index (χ1n) is 11.3. The molecule has 1 atom stereocenters. The van der Waals surface area contributed by atoms with Crippen molar-refractivity contribution < 1.29 is 24.4 Å². The molecule has 19 heteroatoms. The van der Waals surface area contributed by atoms with Crippen molar-refractivity contribution in [2.24, 2.45) is 0 Å². The standard InChI is InChI=1S/C13H12N4O5S.C9H6N4O4S/c1-13(8-22-13)7-15-6-11(17(20)21)14-12(15)23-10-4-2-9(3-5-10)16(18)19;14-12(15)6-1-3-7(4-2-6)18-9-10-5-8(11-9)13(16)17/h2-6H,7-8H2,1H3;1-5H,(H,10,11)/t13-;/m1./s1. The maximum atomic E-state index is 10.9. The Labute approximate surface area is 237 Å². The maximum absolute atomic E-state index is 10.9. The van der Waals surface area contributed by atoms with Gasteiger partial charge in [0.2, 0.25) is 0 Å². The summed E-state index contributed by atoms with van der Waals surface area (Å²) in [5, 5.41) is 43.3. The van der Waals surface area contributed by atoms with Crippen molar-refractivity contribution in [1.82, 2.24) is 19.5 Å². The van der Waals surface area contributed by atoms with Crippen molar-refractivity contribution in [2.45, 2.75) is 39.2 Å². The quantitative estimate of drug-likeness (QED) is 0.143. The van der Waals surface area contributed by atoms with E-state index < -0.39 is 19.7 Å². The van der Waals surface area contributed by atoms with Crippen molar-refractivity contribution in [2.75, 3.05) is 6.61 Å². The minimum absolute atomic E-state index is 0.00947. The lowest BCUT2D eigenvalue weighted by Crippen LogP contribution is -2.15. The van der Waals surface area contributed by atoms with Crippen molar-refractivity contribution >= 4 is 46.5 Å². The molecule has 2 aromatic heterocycles. The molecule has 0 bridgehead atoms. The summed E-state index contributed by atoms with van der Waals surface area (Å²) in [6.07, 6.45) is 2.49. The van der Waals surface area contributed by atoms with E-state index in [-0.39, 0.29) is 28.6 Å². The number of H-pyrrole nitrogens is 1. The van der Waals surface area contributed by atoms with Crippen LogP contribution in [0.3, 0.4) is 0 Å². The average Bonchev–Trinajstić information content (AvgIpc) is 3.28. The molecule has 1 N–H and O–H groups in total. The van der Waals surface area contributed by atoms with Crippen LogP contribution in [-0.2, 0) is 11.3 Å². The summed E-state index contributed by atoms with van der Waals surface area (Å²) in [5.41, 5.74) is -0.341. The first-order valence-corrected chi connectivity index (χ1v) is 13.0. The van der Waals surface area contributed by atoms with Crippen LogP contribution in [0, 0.1) is 40.5 Å². The molecule has 0 radical (unpaired) electrons. The van der Waals surface area contributed by atoms with E-state index in [1.54, 1.807) is 28.8 Å². The summed E-state index contributed by atoms with van der Waals surface area (Å²) in [6, 6.07) is 11.8. The molecular weight excluding hydrogens is 584 g/mol. The lowest BCUT2D eigenvalue weighted by atomic mass is 10.2. The molecule has 1 saturated heterocycles. The first kappa shape index (κ1) is 29.1. The van der Waals surface area contributed by atoms with Gasteiger partial charge in [-0.2, -0.15) is 0 Å². The number of ether oxygens (including phenoxy) is 1. The van der Waals surface area contributed by atoms with Crippen LogP contribution < -0.4 is 0 Å². The van der Waals surface area contributed by atoms with Gasteiger partial charge < -0.3 is 25.0 Å². The number of nitro benzene ring substituents is 2. The van der Waals surface area contributed by atoms with Crippen molar-refractivity contribution in [3.8, 4) is 0 Å². The van der Waals surface area contributed by atoms with Gasteiger partial charge in [0.05, 0.1) is 23.0 Å². The molecule has 0 unspecified atom stereocenters. The van der Waals surface area contributed by atoms with Crippen LogP contribution in [0.15, 0.2) is 81.0 Å². The number of hydrogen-bond acceptors (Lipinski definition) is 13. The summed E-state index contributed by atoms with van der Waals surface area (Å²) < 4.78 is 6.99. The fraction of sp³-hybridized carbons (Fsp3) is 0.182. The third kappa shape index (κ3) is 7.84.